The number of carboxylic acids is 1. The summed E-state index contributed by atoms with van der Waals surface area (Å²) in [6.07, 6.45) is -16.8. The number of hydrogen-bond donors (Lipinski definition) is 2. The number of aliphatic carboxylic acids is 1. The highest BCUT2D eigenvalue weighted by Gasteiger charge is 2.71. The Kier molecular flexibility index (Phi) is 6.74. The predicted molar refractivity (Wildman–Crippen MR) is 92.6 cm³/mol. The molecule has 0 unspecified atom stereocenters. The summed E-state index contributed by atoms with van der Waals surface area (Å²) in [6.45, 7) is -1.07. The van der Waals surface area contributed by atoms with Gasteiger partial charge in [0, 0.05) is 17.8 Å². The first-order valence-corrected chi connectivity index (χ1v) is 8.56. The maximum Gasteiger partial charge on any atom is 0.430 e. The van der Waals surface area contributed by atoms with E-state index in [0.29, 0.717) is 12.1 Å². The van der Waals surface area contributed by atoms with Crippen LogP contribution in [0.2, 0.25) is 0 Å². The fourth-order valence-electron chi connectivity index (χ4n) is 2.82. The summed E-state index contributed by atoms with van der Waals surface area (Å²) in [4.78, 5) is 12.1. The van der Waals surface area contributed by atoms with Gasteiger partial charge in [0.15, 0.2) is 0 Å². The lowest BCUT2D eigenvalue weighted by atomic mass is 9.92. The van der Waals surface area contributed by atoms with Gasteiger partial charge in [0.1, 0.15) is 6.54 Å². The summed E-state index contributed by atoms with van der Waals surface area (Å²) in [7, 11) is 0. The molecule has 0 radical (unpaired) electrons. The number of halogens is 9. The van der Waals surface area contributed by atoms with Crippen molar-refractivity contribution in [2.24, 2.45) is 0 Å². The second-order valence-electron chi connectivity index (χ2n) is 6.70. The molecule has 2 rings (SSSR count). The third kappa shape index (κ3) is 5.26. The second kappa shape index (κ2) is 8.52. The zero-order valence-corrected chi connectivity index (χ0v) is 15.7. The van der Waals surface area contributed by atoms with E-state index in [2.05, 4.69) is 0 Å². The average Bonchev–Trinajstić information content (AvgIpc) is 2.64. The number of hydrogen-bond acceptors (Lipinski definition) is 3. The van der Waals surface area contributed by atoms with Crippen LogP contribution in [-0.2, 0) is 23.1 Å². The van der Waals surface area contributed by atoms with E-state index < -0.39 is 47.8 Å². The van der Waals surface area contributed by atoms with E-state index >= 15 is 0 Å². The Balaban J connectivity index is 2.38. The van der Waals surface area contributed by atoms with Crippen LogP contribution >= 0.6 is 0 Å². The van der Waals surface area contributed by atoms with Crippen molar-refractivity contribution >= 4 is 11.7 Å². The fraction of sp³-hybridized carbons (Fsp3) is 0.316. The van der Waals surface area contributed by atoms with Gasteiger partial charge in [0.25, 0.3) is 5.60 Å². The molecule has 0 atom stereocenters. The number of alkyl halides is 9. The Bertz CT molecular complexity index is 919. The van der Waals surface area contributed by atoms with E-state index in [0.717, 1.165) is 41.3 Å². The van der Waals surface area contributed by atoms with Gasteiger partial charge in [-0.3, -0.25) is 4.79 Å². The molecule has 4 nitrogen and oxygen atoms in total. The second-order valence-corrected chi connectivity index (χ2v) is 6.70. The summed E-state index contributed by atoms with van der Waals surface area (Å²) in [5, 5.41) is 18.5. The smallest absolute Gasteiger partial charge is 0.430 e. The first kappa shape index (κ1) is 25.3. The molecule has 2 aromatic carbocycles. The Morgan fingerprint density at radius 1 is 0.750 bits per heavy atom. The van der Waals surface area contributed by atoms with Crippen molar-refractivity contribution < 1.29 is 54.5 Å². The molecule has 0 saturated carbocycles. The van der Waals surface area contributed by atoms with Crippen LogP contribution < -0.4 is 4.90 Å². The van der Waals surface area contributed by atoms with Crippen molar-refractivity contribution in [1.82, 2.24) is 0 Å². The van der Waals surface area contributed by atoms with E-state index in [9.17, 15) is 49.4 Å². The third-order valence-electron chi connectivity index (χ3n) is 4.45. The quantitative estimate of drug-likeness (QED) is 0.571. The summed E-state index contributed by atoms with van der Waals surface area (Å²) in [5.41, 5.74) is -7.59. The summed E-state index contributed by atoms with van der Waals surface area (Å²) < 4.78 is 116. The lowest BCUT2D eigenvalue weighted by Gasteiger charge is -2.33. The van der Waals surface area contributed by atoms with Crippen molar-refractivity contribution in [3.63, 3.8) is 0 Å². The van der Waals surface area contributed by atoms with Crippen LogP contribution in [0.1, 0.15) is 16.7 Å². The van der Waals surface area contributed by atoms with E-state index in [4.69, 9.17) is 5.11 Å². The Hall–Kier alpha value is -2.96. The van der Waals surface area contributed by atoms with Crippen LogP contribution in [0.3, 0.4) is 0 Å². The van der Waals surface area contributed by atoms with Gasteiger partial charge in [-0.15, -0.1) is 0 Å². The zero-order valence-electron chi connectivity index (χ0n) is 15.7. The van der Waals surface area contributed by atoms with Crippen LogP contribution in [0.15, 0.2) is 48.5 Å². The monoisotopic (exact) mass is 475 g/mol. The van der Waals surface area contributed by atoms with Gasteiger partial charge in [-0.05, 0) is 29.8 Å². The molecule has 0 fully saturated rings. The molecule has 0 bridgehead atoms. The lowest BCUT2D eigenvalue weighted by Crippen LogP contribution is -2.53. The van der Waals surface area contributed by atoms with Crippen molar-refractivity contribution in [3.05, 3.63) is 65.2 Å². The van der Waals surface area contributed by atoms with Gasteiger partial charge in [0.2, 0.25) is 0 Å². The minimum absolute atomic E-state index is 0.136. The maximum atomic E-state index is 13.0. The molecule has 0 saturated heterocycles. The Morgan fingerprint density at radius 3 is 1.56 bits per heavy atom. The molecule has 0 amide bonds. The number of rotatable bonds is 6. The molecule has 0 heterocycles. The molecule has 176 valence electrons. The van der Waals surface area contributed by atoms with Gasteiger partial charge in [-0.2, -0.15) is 39.5 Å². The summed E-state index contributed by atoms with van der Waals surface area (Å²) in [5.74, 6) is -1.41. The molecule has 0 spiro atoms. The van der Waals surface area contributed by atoms with Crippen LogP contribution in [0.25, 0.3) is 0 Å². The molecule has 0 aliphatic rings. The molecular formula is C19H14F9NO3. The number of nitrogens with zero attached hydrogens (tertiary/aromatic N) is 1. The van der Waals surface area contributed by atoms with Crippen LogP contribution in [0, 0.1) is 0 Å². The van der Waals surface area contributed by atoms with Crippen molar-refractivity contribution in [3.8, 4) is 0 Å². The SMILES string of the molecule is O=C(O)CN(Cc1ccc(C(F)(F)F)cc1)c1ccc(C(O)(C(F)(F)F)C(F)(F)F)cc1. The van der Waals surface area contributed by atoms with E-state index in [1.54, 1.807) is 0 Å². The number of carbonyl (C=O) groups is 1. The summed E-state index contributed by atoms with van der Waals surface area (Å²) >= 11 is 0. The number of anilines is 1. The minimum Gasteiger partial charge on any atom is -0.480 e. The molecule has 2 N–H and O–H groups in total. The lowest BCUT2D eigenvalue weighted by molar-refractivity contribution is -0.376. The number of benzene rings is 2. The van der Waals surface area contributed by atoms with E-state index in [1.165, 1.54) is 0 Å². The van der Waals surface area contributed by atoms with Gasteiger partial charge in [-0.25, -0.2) is 0 Å². The van der Waals surface area contributed by atoms with Gasteiger partial charge in [0.05, 0.1) is 5.56 Å². The maximum absolute atomic E-state index is 13.0. The Labute approximate surface area is 174 Å². The van der Waals surface area contributed by atoms with Gasteiger partial charge >= 0.3 is 24.5 Å². The van der Waals surface area contributed by atoms with Gasteiger partial charge < -0.3 is 15.1 Å². The van der Waals surface area contributed by atoms with Crippen molar-refractivity contribution in [2.45, 2.75) is 30.7 Å². The molecule has 13 heteroatoms. The Morgan fingerprint density at radius 2 is 1.19 bits per heavy atom. The van der Waals surface area contributed by atoms with Crippen molar-refractivity contribution in [1.29, 1.82) is 0 Å². The third-order valence-corrected chi connectivity index (χ3v) is 4.45. The summed E-state index contributed by atoms with van der Waals surface area (Å²) in [6, 6.07) is 5.76. The predicted octanol–water partition coefficient (Wildman–Crippen LogP) is 5.11. The normalized spacial score (nSPS) is 13.2. The molecule has 0 aliphatic heterocycles. The number of aliphatic hydroxyl groups is 1. The molecule has 32 heavy (non-hydrogen) atoms. The zero-order chi connectivity index (χ0) is 24.5. The van der Waals surface area contributed by atoms with Crippen LogP contribution in [-0.4, -0.2) is 35.1 Å². The standard InChI is InChI=1S/C19H14F9NO3/c20-17(21,22)13-3-1-11(2-4-13)9-29(10-15(30)31)14-7-5-12(6-8-14)16(32,18(23,24)25)19(26,27)28/h1-8,32H,9-10H2,(H,30,31). The van der Waals surface area contributed by atoms with Crippen LogP contribution in [0.4, 0.5) is 45.2 Å². The first-order chi connectivity index (χ1) is 14.5. The molecule has 2 aromatic rings. The number of carboxylic acid groups (broad SMARTS) is 1. The fourth-order valence-corrected chi connectivity index (χ4v) is 2.82. The van der Waals surface area contributed by atoms with E-state index in [1.807, 2.05) is 0 Å². The highest BCUT2D eigenvalue weighted by atomic mass is 19.4. The van der Waals surface area contributed by atoms with Crippen molar-refractivity contribution in [2.75, 3.05) is 11.4 Å². The van der Waals surface area contributed by atoms with E-state index in [-0.39, 0.29) is 17.8 Å². The molecular weight excluding hydrogens is 461 g/mol. The molecule has 0 aliphatic carbocycles. The average molecular weight is 475 g/mol. The highest BCUT2D eigenvalue weighted by molar-refractivity contribution is 5.73. The minimum atomic E-state index is -6.09. The largest absolute Gasteiger partial charge is 0.480 e. The molecule has 0 aromatic heterocycles. The first-order valence-electron chi connectivity index (χ1n) is 8.56. The highest BCUT2D eigenvalue weighted by Crippen LogP contribution is 2.50. The van der Waals surface area contributed by atoms with Crippen LogP contribution in [0.5, 0.6) is 0 Å². The topological polar surface area (TPSA) is 60.8 Å². The van der Waals surface area contributed by atoms with Gasteiger partial charge in [-0.1, -0.05) is 24.3 Å².